The van der Waals surface area contributed by atoms with Crippen molar-refractivity contribution >= 4 is 11.7 Å². The van der Waals surface area contributed by atoms with Crippen LogP contribution in [0.4, 0.5) is 0 Å². The third kappa shape index (κ3) is 11.2. The van der Waals surface area contributed by atoms with Crippen LogP contribution in [0.15, 0.2) is 0 Å². The van der Waals surface area contributed by atoms with Crippen LogP contribution in [0.2, 0.25) is 0 Å². The van der Waals surface area contributed by atoms with E-state index in [2.05, 4.69) is 12.2 Å². The van der Waals surface area contributed by atoms with Gasteiger partial charge < -0.3 is 10.1 Å². The minimum atomic E-state index is 0.0268. The van der Waals surface area contributed by atoms with Crippen LogP contribution in [0.3, 0.4) is 0 Å². The molecule has 0 aliphatic heterocycles. The van der Waals surface area contributed by atoms with Crippen molar-refractivity contribution < 1.29 is 14.3 Å². The zero-order chi connectivity index (χ0) is 12.2. The Labute approximate surface area is 97.7 Å². The first-order valence-electron chi connectivity index (χ1n) is 6.00. The van der Waals surface area contributed by atoms with E-state index in [0.717, 1.165) is 25.8 Å². The number of ether oxygens (including phenoxy) is 1. The Kier molecular flexibility index (Phi) is 10.0. The number of nitrogens with one attached hydrogen (secondary N) is 1. The first-order valence-corrected chi connectivity index (χ1v) is 6.00. The number of carbonyl (C=O) groups excluding carboxylic acids is 2. The Hall–Kier alpha value is -0.900. The molecule has 4 nitrogen and oxygen atoms in total. The van der Waals surface area contributed by atoms with Crippen LogP contribution in [0, 0.1) is 0 Å². The lowest BCUT2D eigenvalue weighted by Gasteiger charge is -2.05. The van der Waals surface area contributed by atoms with Crippen LogP contribution in [0.1, 0.15) is 46.0 Å². The second kappa shape index (κ2) is 10.6. The van der Waals surface area contributed by atoms with E-state index in [0.29, 0.717) is 26.1 Å². The van der Waals surface area contributed by atoms with E-state index in [1.54, 1.807) is 0 Å². The van der Waals surface area contributed by atoms with E-state index in [9.17, 15) is 9.59 Å². The fraction of sp³-hybridized carbons (Fsp3) is 0.833. The molecular weight excluding hydrogens is 206 g/mol. The maximum atomic E-state index is 11.2. The second-order valence-corrected chi connectivity index (χ2v) is 3.87. The van der Waals surface area contributed by atoms with E-state index >= 15 is 0 Å². The molecule has 0 spiro atoms. The summed E-state index contributed by atoms with van der Waals surface area (Å²) in [6.45, 7) is 5.22. The molecule has 0 aliphatic carbocycles. The average molecular weight is 229 g/mol. The standard InChI is InChI=1S/C12H23NO3/c1-3-4-5-8-13-12(15)7-10-16-9-6-11(2)14/h3-10H2,1-2H3,(H,13,15). The molecule has 0 aromatic carbocycles. The molecule has 0 radical (unpaired) electrons. The van der Waals surface area contributed by atoms with Crippen molar-refractivity contribution in [1.29, 1.82) is 0 Å². The number of Topliss-reactive ketones (excluding diaryl/α,β-unsaturated/α-hetero) is 1. The predicted octanol–water partition coefficient (Wildman–Crippen LogP) is 1.68. The van der Waals surface area contributed by atoms with Crippen LogP contribution in [0.25, 0.3) is 0 Å². The maximum absolute atomic E-state index is 11.2. The quantitative estimate of drug-likeness (QED) is 0.580. The Morgan fingerprint density at radius 3 is 2.44 bits per heavy atom. The molecule has 0 saturated carbocycles. The van der Waals surface area contributed by atoms with E-state index in [1.807, 2.05) is 0 Å². The van der Waals surface area contributed by atoms with Crippen molar-refractivity contribution in [2.75, 3.05) is 19.8 Å². The molecule has 0 atom stereocenters. The number of rotatable bonds is 10. The number of amides is 1. The summed E-state index contributed by atoms with van der Waals surface area (Å²) < 4.78 is 5.16. The molecule has 0 rings (SSSR count). The summed E-state index contributed by atoms with van der Waals surface area (Å²) >= 11 is 0. The van der Waals surface area contributed by atoms with Crippen molar-refractivity contribution in [2.45, 2.75) is 46.0 Å². The van der Waals surface area contributed by atoms with E-state index in [1.165, 1.54) is 6.92 Å². The van der Waals surface area contributed by atoms with Crippen molar-refractivity contribution in [3.8, 4) is 0 Å². The van der Waals surface area contributed by atoms with Gasteiger partial charge >= 0.3 is 0 Å². The molecule has 1 N–H and O–H groups in total. The number of unbranched alkanes of at least 4 members (excludes halogenated alkanes) is 2. The minimum absolute atomic E-state index is 0.0268. The molecule has 94 valence electrons. The summed E-state index contributed by atoms with van der Waals surface area (Å²) in [4.78, 5) is 21.8. The van der Waals surface area contributed by atoms with Gasteiger partial charge in [-0.3, -0.25) is 9.59 Å². The Balaban J connectivity index is 3.20. The fourth-order valence-corrected chi connectivity index (χ4v) is 1.17. The molecule has 0 bridgehead atoms. The van der Waals surface area contributed by atoms with Crippen LogP contribution < -0.4 is 5.32 Å². The number of hydrogen-bond acceptors (Lipinski definition) is 3. The monoisotopic (exact) mass is 229 g/mol. The zero-order valence-corrected chi connectivity index (χ0v) is 10.4. The van der Waals surface area contributed by atoms with E-state index in [-0.39, 0.29) is 11.7 Å². The Morgan fingerprint density at radius 2 is 1.81 bits per heavy atom. The molecule has 1 amide bonds. The molecule has 16 heavy (non-hydrogen) atoms. The van der Waals surface area contributed by atoms with Gasteiger partial charge in [0.25, 0.3) is 0 Å². The van der Waals surface area contributed by atoms with Gasteiger partial charge in [0, 0.05) is 19.4 Å². The highest BCUT2D eigenvalue weighted by molar-refractivity contribution is 5.76. The molecule has 0 aliphatic rings. The third-order valence-corrected chi connectivity index (χ3v) is 2.17. The number of ketones is 1. The van der Waals surface area contributed by atoms with Crippen molar-refractivity contribution in [3.05, 3.63) is 0 Å². The lowest BCUT2D eigenvalue weighted by molar-refractivity contribution is -0.122. The van der Waals surface area contributed by atoms with Gasteiger partial charge in [-0.1, -0.05) is 19.8 Å². The van der Waals surface area contributed by atoms with Gasteiger partial charge in [-0.2, -0.15) is 0 Å². The molecule has 4 heteroatoms. The summed E-state index contributed by atoms with van der Waals surface area (Å²) in [5.74, 6) is 0.142. The van der Waals surface area contributed by atoms with E-state index in [4.69, 9.17) is 4.74 Å². The summed E-state index contributed by atoms with van der Waals surface area (Å²) in [7, 11) is 0. The molecule has 0 aromatic rings. The molecule has 0 saturated heterocycles. The summed E-state index contributed by atoms with van der Waals surface area (Å²) in [6, 6.07) is 0. The van der Waals surface area contributed by atoms with Crippen LogP contribution >= 0.6 is 0 Å². The largest absolute Gasteiger partial charge is 0.380 e. The lowest BCUT2D eigenvalue weighted by Crippen LogP contribution is -2.25. The minimum Gasteiger partial charge on any atom is -0.380 e. The second-order valence-electron chi connectivity index (χ2n) is 3.87. The maximum Gasteiger partial charge on any atom is 0.222 e. The fourth-order valence-electron chi connectivity index (χ4n) is 1.17. The van der Waals surface area contributed by atoms with Crippen LogP contribution in [-0.4, -0.2) is 31.4 Å². The number of hydrogen-bond donors (Lipinski definition) is 1. The molecule has 0 unspecified atom stereocenters. The molecule has 0 fully saturated rings. The smallest absolute Gasteiger partial charge is 0.222 e. The molecular formula is C12H23NO3. The van der Waals surface area contributed by atoms with Gasteiger partial charge in [-0.25, -0.2) is 0 Å². The third-order valence-electron chi connectivity index (χ3n) is 2.17. The highest BCUT2D eigenvalue weighted by atomic mass is 16.5. The normalized spacial score (nSPS) is 10.1. The topological polar surface area (TPSA) is 55.4 Å². The van der Waals surface area contributed by atoms with Gasteiger partial charge in [-0.15, -0.1) is 0 Å². The highest BCUT2D eigenvalue weighted by Gasteiger charge is 2.00. The van der Waals surface area contributed by atoms with Gasteiger partial charge in [0.1, 0.15) is 5.78 Å². The molecule has 0 heterocycles. The Bertz CT molecular complexity index is 204. The summed E-state index contributed by atoms with van der Waals surface area (Å²) in [5, 5.41) is 2.83. The number of carbonyl (C=O) groups is 2. The molecule has 0 aromatic heterocycles. The SMILES string of the molecule is CCCCCNC(=O)CCOCCC(C)=O. The first-order chi connectivity index (χ1) is 7.66. The van der Waals surface area contributed by atoms with Crippen LogP contribution in [-0.2, 0) is 14.3 Å². The Morgan fingerprint density at radius 1 is 1.12 bits per heavy atom. The van der Waals surface area contributed by atoms with E-state index < -0.39 is 0 Å². The van der Waals surface area contributed by atoms with Crippen molar-refractivity contribution in [2.24, 2.45) is 0 Å². The van der Waals surface area contributed by atoms with Gasteiger partial charge in [0.2, 0.25) is 5.91 Å². The zero-order valence-electron chi connectivity index (χ0n) is 10.4. The first kappa shape index (κ1) is 15.1. The predicted molar refractivity (Wildman–Crippen MR) is 63.3 cm³/mol. The van der Waals surface area contributed by atoms with Crippen molar-refractivity contribution in [1.82, 2.24) is 5.32 Å². The van der Waals surface area contributed by atoms with Gasteiger partial charge in [-0.05, 0) is 13.3 Å². The highest BCUT2D eigenvalue weighted by Crippen LogP contribution is 1.92. The van der Waals surface area contributed by atoms with Gasteiger partial charge in [0.05, 0.1) is 13.2 Å². The van der Waals surface area contributed by atoms with Gasteiger partial charge in [0.15, 0.2) is 0 Å². The van der Waals surface area contributed by atoms with Crippen molar-refractivity contribution in [3.63, 3.8) is 0 Å². The summed E-state index contributed by atoms with van der Waals surface area (Å²) in [5.41, 5.74) is 0. The lowest BCUT2D eigenvalue weighted by atomic mass is 10.2. The average Bonchev–Trinajstić information content (AvgIpc) is 2.23. The van der Waals surface area contributed by atoms with Crippen LogP contribution in [0.5, 0.6) is 0 Å². The summed E-state index contributed by atoms with van der Waals surface area (Å²) in [6.07, 6.45) is 4.15.